The van der Waals surface area contributed by atoms with E-state index in [2.05, 4.69) is 15.0 Å². The van der Waals surface area contributed by atoms with E-state index in [4.69, 9.17) is 13.9 Å². The molecule has 0 atom stereocenters. The van der Waals surface area contributed by atoms with Crippen molar-refractivity contribution in [1.82, 2.24) is 9.80 Å². The minimum atomic E-state index is -0.486. The first kappa shape index (κ1) is 23.9. The molecule has 1 aliphatic carbocycles. The van der Waals surface area contributed by atoms with Gasteiger partial charge in [-0.05, 0) is 56.4 Å². The van der Waals surface area contributed by atoms with Gasteiger partial charge in [0, 0.05) is 37.9 Å². The lowest BCUT2D eigenvalue weighted by atomic mass is 10.2. The number of anilines is 1. The molecule has 1 N–H and O–H groups in total. The number of urea groups is 1. The highest BCUT2D eigenvalue weighted by Crippen LogP contribution is 2.34. The van der Waals surface area contributed by atoms with Crippen molar-refractivity contribution in [3.05, 3.63) is 41.9 Å². The Morgan fingerprint density at radius 1 is 1.00 bits per heavy atom. The zero-order valence-electron chi connectivity index (χ0n) is 19.9. The number of furan rings is 1. The van der Waals surface area contributed by atoms with Crippen LogP contribution in [0.15, 0.2) is 34.7 Å². The van der Waals surface area contributed by atoms with Crippen LogP contribution in [0.2, 0.25) is 0 Å². The Balaban J connectivity index is 1.32. The lowest BCUT2D eigenvalue weighted by Crippen LogP contribution is -2.38. The number of esters is 1. The number of nitrogens with one attached hydrogen (secondary N) is 1. The third kappa shape index (κ3) is 6.02. The Morgan fingerprint density at radius 3 is 2.59 bits per heavy atom. The molecule has 1 saturated heterocycles. The van der Waals surface area contributed by atoms with Crippen molar-refractivity contribution < 1.29 is 28.2 Å². The summed E-state index contributed by atoms with van der Waals surface area (Å²) in [5, 5.41) is 3.01. The molecule has 0 unspecified atom stereocenters. The lowest BCUT2D eigenvalue weighted by molar-refractivity contribution is 0.0561. The molecule has 34 heavy (non-hydrogen) atoms. The number of hydrogen-bond acceptors (Lipinski definition) is 7. The van der Waals surface area contributed by atoms with Crippen molar-refractivity contribution in [2.45, 2.75) is 44.8 Å². The van der Waals surface area contributed by atoms with Gasteiger partial charge in [-0.1, -0.05) is 0 Å². The average molecular weight is 472 g/mol. The van der Waals surface area contributed by atoms with Gasteiger partial charge in [0.05, 0.1) is 26.9 Å². The van der Waals surface area contributed by atoms with E-state index in [1.165, 1.54) is 20.0 Å². The molecule has 2 fully saturated rings. The smallest absolute Gasteiger partial charge is 0.373 e. The Hall–Kier alpha value is -3.20. The highest BCUT2D eigenvalue weighted by molar-refractivity contribution is 5.89. The van der Waals surface area contributed by atoms with Gasteiger partial charge in [-0.2, -0.15) is 0 Å². The fourth-order valence-electron chi connectivity index (χ4n) is 4.46. The SMILES string of the molecule is COC(=O)c1ccc(CN2CCCN(C(=O)Nc3ccc(OC)c(OC4CCCC4)c3)CC2)o1. The maximum atomic E-state index is 13.0. The highest BCUT2D eigenvalue weighted by Gasteiger charge is 2.22. The zero-order valence-corrected chi connectivity index (χ0v) is 19.9. The first-order valence-corrected chi connectivity index (χ1v) is 11.9. The van der Waals surface area contributed by atoms with E-state index >= 15 is 0 Å². The molecular weight excluding hydrogens is 438 g/mol. The molecule has 9 nitrogen and oxygen atoms in total. The fraction of sp³-hybridized carbons (Fsp3) is 0.520. The highest BCUT2D eigenvalue weighted by atomic mass is 16.5. The molecule has 2 aromatic rings. The Kier molecular flexibility index (Phi) is 7.95. The molecule has 2 amide bonds. The van der Waals surface area contributed by atoms with Crippen LogP contribution in [0.25, 0.3) is 0 Å². The molecule has 2 heterocycles. The molecule has 0 spiro atoms. The monoisotopic (exact) mass is 471 g/mol. The van der Waals surface area contributed by atoms with Crippen LogP contribution in [0.4, 0.5) is 10.5 Å². The number of carbonyl (C=O) groups excluding carboxylic acids is 2. The molecule has 184 valence electrons. The van der Waals surface area contributed by atoms with Gasteiger partial charge in [-0.3, -0.25) is 4.90 Å². The summed E-state index contributed by atoms with van der Waals surface area (Å²) in [4.78, 5) is 28.6. The maximum Gasteiger partial charge on any atom is 0.373 e. The third-order valence-electron chi connectivity index (χ3n) is 6.31. The number of hydrogen-bond donors (Lipinski definition) is 1. The summed E-state index contributed by atoms with van der Waals surface area (Å²) in [6.45, 7) is 3.38. The number of benzene rings is 1. The number of methoxy groups -OCH3 is 2. The fourth-order valence-corrected chi connectivity index (χ4v) is 4.46. The van der Waals surface area contributed by atoms with E-state index < -0.39 is 5.97 Å². The van der Waals surface area contributed by atoms with Gasteiger partial charge in [0.2, 0.25) is 5.76 Å². The van der Waals surface area contributed by atoms with Gasteiger partial charge >= 0.3 is 12.0 Å². The van der Waals surface area contributed by atoms with Gasteiger partial charge in [0.25, 0.3) is 0 Å². The van der Waals surface area contributed by atoms with Crippen LogP contribution in [0.5, 0.6) is 11.5 Å². The number of nitrogens with zero attached hydrogens (tertiary/aromatic N) is 2. The topological polar surface area (TPSA) is 93.5 Å². The van der Waals surface area contributed by atoms with E-state index in [9.17, 15) is 9.59 Å². The Labute approximate surface area is 199 Å². The van der Waals surface area contributed by atoms with Crippen LogP contribution in [0.1, 0.15) is 48.4 Å². The van der Waals surface area contributed by atoms with E-state index in [1.54, 1.807) is 19.2 Å². The van der Waals surface area contributed by atoms with Crippen molar-refractivity contribution in [2.75, 3.05) is 45.7 Å². The predicted octanol–water partition coefficient (Wildman–Crippen LogP) is 4.14. The van der Waals surface area contributed by atoms with Gasteiger partial charge in [-0.25, -0.2) is 9.59 Å². The lowest BCUT2D eigenvalue weighted by Gasteiger charge is -2.22. The quantitative estimate of drug-likeness (QED) is 0.607. The van der Waals surface area contributed by atoms with Gasteiger partial charge < -0.3 is 28.8 Å². The van der Waals surface area contributed by atoms with Crippen LogP contribution in [0.3, 0.4) is 0 Å². The van der Waals surface area contributed by atoms with Crippen molar-refractivity contribution in [2.24, 2.45) is 0 Å². The molecule has 0 radical (unpaired) electrons. The van der Waals surface area contributed by atoms with Crippen LogP contribution in [0, 0.1) is 0 Å². The number of rotatable bonds is 7. The molecule has 1 aromatic heterocycles. The normalized spacial score (nSPS) is 17.3. The van der Waals surface area contributed by atoms with Crippen LogP contribution in [-0.4, -0.2) is 68.3 Å². The number of carbonyl (C=O) groups is 2. The number of amides is 2. The predicted molar refractivity (Wildman–Crippen MR) is 126 cm³/mol. The molecule has 0 bridgehead atoms. The van der Waals surface area contributed by atoms with Crippen molar-refractivity contribution in [3.63, 3.8) is 0 Å². The third-order valence-corrected chi connectivity index (χ3v) is 6.31. The van der Waals surface area contributed by atoms with E-state index in [0.717, 1.165) is 25.8 Å². The van der Waals surface area contributed by atoms with E-state index in [1.807, 2.05) is 23.1 Å². The van der Waals surface area contributed by atoms with E-state index in [0.29, 0.717) is 49.1 Å². The molecule has 9 heteroatoms. The summed E-state index contributed by atoms with van der Waals surface area (Å²) in [5.74, 6) is 1.75. The Morgan fingerprint density at radius 2 is 1.82 bits per heavy atom. The molecular formula is C25H33N3O6. The summed E-state index contributed by atoms with van der Waals surface area (Å²) in [6.07, 6.45) is 5.51. The average Bonchev–Trinajstić information content (AvgIpc) is 3.47. The Bertz CT molecular complexity index is 985. The van der Waals surface area contributed by atoms with Crippen LogP contribution < -0.4 is 14.8 Å². The van der Waals surface area contributed by atoms with Crippen molar-refractivity contribution >= 4 is 17.7 Å². The number of ether oxygens (including phenoxy) is 3. The standard InChI is InChI=1S/C25H33N3O6/c1-31-21-10-8-18(16-23(21)33-19-6-3-4-7-19)26-25(30)28-13-5-12-27(14-15-28)17-20-9-11-22(34-20)24(29)32-2/h8-11,16,19H,3-7,12-15,17H2,1-2H3,(H,26,30). The summed E-state index contributed by atoms with van der Waals surface area (Å²) < 4.78 is 21.9. The molecule has 1 saturated carbocycles. The first-order chi connectivity index (χ1) is 16.6. The molecule has 1 aromatic carbocycles. The summed E-state index contributed by atoms with van der Waals surface area (Å²) in [5.41, 5.74) is 0.686. The molecule has 1 aliphatic heterocycles. The minimum Gasteiger partial charge on any atom is -0.493 e. The molecule has 2 aliphatic rings. The molecule has 4 rings (SSSR count). The minimum absolute atomic E-state index is 0.134. The van der Waals surface area contributed by atoms with E-state index in [-0.39, 0.29) is 17.9 Å². The van der Waals surface area contributed by atoms with Crippen molar-refractivity contribution in [1.29, 1.82) is 0 Å². The van der Waals surface area contributed by atoms with Crippen LogP contribution in [-0.2, 0) is 11.3 Å². The van der Waals surface area contributed by atoms with Gasteiger partial charge in [-0.15, -0.1) is 0 Å². The second kappa shape index (κ2) is 11.3. The second-order valence-electron chi connectivity index (χ2n) is 8.69. The summed E-state index contributed by atoms with van der Waals surface area (Å²) >= 11 is 0. The van der Waals surface area contributed by atoms with Gasteiger partial charge in [0.1, 0.15) is 5.76 Å². The van der Waals surface area contributed by atoms with Gasteiger partial charge in [0.15, 0.2) is 11.5 Å². The van der Waals surface area contributed by atoms with Crippen LogP contribution >= 0.6 is 0 Å². The van der Waals surface area contributed by atoms with Crippen molar-refractivity contribution in [3.8, 4) is 11.5 Å². The maximum absolute atomic E-state index is 13.0. The zero-order chi connectivity index (χ0) is 23.9. The second-order valence-corrected chi connectivity index (χ2v) is 8.69. The summed E-state index contributed by atoms with van der Waals surface area (Å²) in [6, 6.07) is 8.78. The largest absolute Gasteiger partial charge is 0.493 e. The summed E-state index contributed by atoms with van der Waals surface area (Å²) in [7, 11) is 2.95. The first-order valence-electron chi connectivity index (χ1n) is 11.9.